The number of nitrogens with one attached hydrogen (secondary N) is 1. The summed E-state index contributed by atoms with van der Waals surface area (Å²) in [6, 6.07) is 9.19. The Bertz CT molecular complexity index is 927. The van der Waals surface area contributed by atoms with Crippen LogP contribution in [-0.2, 0) is 18.6 Å². The van der Waals surface area contributed by atoms with Crippen LogP contribution < -0.4 is 0 Å². The smallest absolute Gasteiger partial charge is 0.360 e. The van der Waals surface area contributed by atoms with Crippen molar-refractivity contribution in [1.29, 1.82) is 5.41 Å². The average Bonchev–Trinajstić information content (AvgIpc) is 2.61. The highest BCUT2D eigenvalue weighted by Crippen LogP contribution is 2.34. The van der Waals surface area contributed by atoms with E-state index in [1.165, 1.54) is 6.07 Å². The molecule has 2 nitrogen and oxygen atoms in total. The lowest BCUT2D eigenvalue weighted by atomic mass is 9.93. The molecule has 0 fully saturated rings. The van der Waals surface area contributed by atoms with Crippen LogP contribution in [0.25, 0.3) is 0 Å². The molecule has 0 heterocycles. The van der Waals surface area contributed by atoms with E-state index in [0.717, 1.165) is 34.4 Å². The van der Waals surface area contributed by atoms with Gasteiger partial charge >= 0.3 is 6.18 Å². The van der Waals surface area contributed by atoms with E-state index in [1.54, 1.807) is 12.1 Å². The van der Waals surface area contributed by atoms with Gasteiger partial charge in [-0.3, -0.25) is 5.41 Å². The Morgan fingerprint density at radius 3 is 2.17 bits per heavy atom. The van der Waals surface area contributed by atoms with Crippen molar-refractivity contribution >= 4 is 13.9 Å². The third-order valence-electron chi connectivity index (χ3n) is 5.38. The van der Waals surface area contributed by atoms with Crippen molar-refractivity contribution in [3.63, 3.8) is 0 Å². The van der Waals surface area contributed by atoms with Crippen LogP contribution >= 0.6 is 0 Å². The van der Waals surface area contributed by atoms with Crippen LogP contribution in [0.4, 0.5) is 13.2 Å². The van der Waals surface area contributed by atoms with Gasteiger partial charge in [-0.2, -0.15) is 13.2 Å². The largest absolute Gasteiger partial charge is 0.416 e. The number of hydrogen-bond acceptors (Lipinski definition) is 1. The van der Waals surface area contributed by atoms with E-state index < -0.39 is 19.8 Å². The number of halogens is 3. The molecule has 2 rings (SSSR count). The van der Waals surface area contributed by atoms with E-state index in [4.69, 9.17) is 5.41 Å². The Morgan fingerprint density at radius 1 is 1.00 bits per heavy atom. The van der Waals surface area contributed by atoms with Gasteiger partial charge in [-0.05, 0) is 73.2 Å². The molecule has 0 amide bonds. The van der Waals surface area contributed by atoms with Gasteiger partial charge in [0.25, 0.3) is 0 Å². The molecule has 0 aliphatic rings. The fourth-order valence-electron chi connectivity index (χ4n) is 3.66. The monoisotopic (exact) mass is 434 g/mol. The van der Waals surface area contributed by atoms with Crippen LogP contribution in [0.3, 0.4) is 0 Å². The van der Waals surface area contributed by atoms with Gasteiger partial charge in [0.15, 0.2) is 0 Å². The number of amidine groups is 1. The van der Waals surface area contributed by atoms with Crippen molar-refractivity contribution in [2.75, 3.05) is 13.6 Å². The highest BCUT2D eigenvalue weighted by molar-refractivity contribution is 6.75. The lowest BCUT2D eigenvalue weighted by Gasteiger charge is -2.22. The number of rotatable bonds is 6. The van der Waals surface area contributed by atoms with Gasteiger partial charge in [-0.1, -0.05) is 37.8 Å². The lowest BCUT2D eigenvalue weighted by Crippen LogP contribution is -2.27. The number of alkyl halides is 3. The van der Waals surface area contributed by atoms with Crippen molar-refractivity contribution in [2.45, 2.75) is 59.1 Å². The average molecular weight is 435 g/mol. The molecular formula is C24H33F3N2Si. The van der Waals surface area contributed by atoms with Gasteiger partial charge in [0, 0.05) is 27.2 Å². The Kier molecular flexibility index (Phi) is 7.23. The molecule has 2 aromatic carbocycles. The lowest BCUT2D eigenvalue weighted by molar-refractivity contribution is -0.138. The van der Waals surface area contributed by atoms with Gasteiger partial charge in [0.05, 0.1) is 5.56 Å². The highest BCUT2D eigenvalue weighted by Gasteiger charge is 2.34. The van der Waals surface area contributed by atoms with Crippen LogP contribution in [0.5, 0.6) is 0 Å². The summed E-state index contributed by atoms with van der Waals surface area (Å²) in [5.41, 5.74) is 4.85. The first kappa shape index (κ1) is 24.2. The quantitative estimate of drug-likeness (QED) is 0.309. The van der Waals surface area contributed by atoms with Crippen LogP contribution in [0.1, 0.15) is 45.9 Å². The van der Waals surface area contributed by atoms with Crippen LogP contribution in [-0.4, -0.2) is 32.4 Å². The number of aryl methyl sites for hydroxylation is 2. The molecule has 0 unspecified atom stereocenters. The minimum Gasteiger partial charge on any atom is -0.360 e. The Balaban J connectivity index is 2.41. The normalized spacial score (nSPS) is 12.2. The summed E-state index contributed by atoms with van der Waals surface area (Å²) >= 11 is 0. The molecule has 0 aromatic heterocycles. The summed E-state index contributed by atoms with van der Waals surface area (Å²) in [6.45, 7) is 13.0. The molecule has 1 N–H and O–H groups in total. The van der Waals surface area contributed by atoms with E-state index in [-0.39, 0.29) is 0 Å². The number of hydrogen-bond donors (Lipinski definition) is 1. The third kappa shape index (κ3) is 5.97. The zero-order chi connectivity index (χ0) is 22.9. The van der Waals surface area contributed by atoms with Crippen molar-refractivity contribution in [3.8, 4) is 0 Å². The third-order valence-corrected chi connectivity index (χ3v) is 6.83. The first-order chi connectivity index (χ1) is 13.7. The van der Waals surface area contributed by atoms with Crippen LogP contribution in [0, 0.1) is 19.3 Å². The number of nitrogens with zero attached hydrogens (tertiary/aromatic N) is 1. The molecule has 30 heavy (non-hydrogen) atoms. The Morgan fingerprint density at radius 2 is 1.63 bits per heavy atom. The molecule has 0 radical (unpaired) electrons. The summed E-state index contributed by atoms with van der Waals surface area (Å²) in [7, 11) is 0.190. The van der Waals surface area contributed by atoms with E-state index in [2.05, 4.69) is 25.7 Å². The van der Waals surface area contributed by atoms with Crippen LogP contribution in [0.15, 0.2) is 30.3 Å². The Hall–Kier alpha value is -2.08. The molecule has 2 aromatic rings. The van der Waals surface area contributed by atoms with Crippen molar-refractivity contribution in [1.82, 2.24) is 4.90 Å². The van der Waals surface area contributed by atoms with E-state index >= 15 is 0 Å². The summed E-state index contributed by atoms with van der Waals surface area (Å²) in [4.78, 5) is 1.89. The van der Waals surface area contributed by atoms with Gasteiger partial charge in [-0.15, -0.1) is 0 Å². The molecule has 6 heteroatoms. The first-order valence-corrected chi connectivity index (χ1v) is 14.0. The predicted molar refractivity (Wildman–Crippen MR) is 122 cm³/mol. The highest BCUT2D eigenvalue weighted by atomic mass is 28.3. The van der Waals surface area contributed by atoms with Crippen LogP contribution in [0.2, 0.25) is 19.6 Å². The summed E-state index contributed by atoms with van der Waals surface area (Å²) < 4.78 is 40.5. The van der Waals surface area contributed by atoms with Gasteiger partial charge in [0.2, 0.25) is 0 Å². The van der Waals surface area contributed by atoms with E-state index in [1.807, 2.05) is 38.8 Å². The first-order valence-electron chi connectivity index (χ1n) is 10.3. The SMILES string of the molecule is CCN(C)C(=N)c1cc(C)c(Cc2ccc(C(F)(F)F)c(C[Si](C)(C)C)c2)cc1C. The molecule has 164 valence electrons. The summed E-state index contributed by atoms with van der Waals surface area (Å²) in [5, 5.41) is 8.38. The minimum atomic E-state index is -4.33. The van der Waals surface area contributed by atoms with E-state index in [0.29, 0.717) is 23.9 Å². The molecule has 0 saturated carbocycles. The maximum absolute atomic E-state index is 13.5. The second-order valence-electron chi connectivity index (χ2n) is 9.36. The molecule has 0 spiro atoms. The molecule has 0 saturated heterocycles. The van der Waals surface area contributed by atoms with Gasteiger partial charge in [0.1, 0.15) is 5.84 Å². The molecular weight excluding hydrogens is 401 g/mol. The number of benzene rings is 2. The fraction of sp³-hybridized carbons (Fsp3) is 0.458. The predicted octanol–water partition coefficient (Wildman–Crippen LogP) is 6.61. The topological polar surface area (TPSA) is 27.1 Å². The zero-order valence-corrected chi connectivity index (χ0v) is 20.1. The fourth-order valence-corrected chi connectivity index (χ4v) is 5.09. The second-order valence-corrected chi connectivity index (χ2v) is 14.8. The Labute approximate surface area is 179 Å². The van der Waals surface area contributed by atoms with Crippen molar-refractivity contribution in [3.05, 3.63) is 69.3 Å². The second kappa shape index (κ2) is 8.96. The zero-order valence-electron chi connectivity index (χ0n) is 19.1. The molecule has 0 atom stereocenters. The maximum atomic E-state index is 13.5. The molecule has 0 bridgehead atoms. The maximum Gasteiger partial charge on any atom is 0.416 e. The minimum absolute atomic E-state index is 0.413. The van der Waals surface area contributed by atoms with Crippen molar-refractivity contribution < 1.29 is 13.2 Å². The van der Waals surface area contributed by atoms with Crippen molar-refractivity contribution in [2.24, 2.45) is 0 Å². The molecule has 0 aliphatic heterocycles. The summed E-state index contributed by atoms with van der Waals surface area (Å²) in [6.07, 6.45) is -3.74. The van der Waals surface area contributed by atoms with E-state index in [9.17, 15) is 13.2 Å². The summed E-state index contributed by atoms with van der Waals surface area (Å²) in [5.74, 6) is 0.483. The van der Waals surface area contributed by atoms with Gasteiger partial charge in [-0.25, -0.2) is 0 Å². The standard InChI is InChI=1S/C24H33F3N2Si/c1-8-29(4)23(28)21-12-16(2)19(11-17(21)3)13-18-9-10-22(24(25,26)27)20(14-18)15-30(5,6)7/h9-12,14,28H,8,13,15H2,1-7H3. The molecule has 0 aliphatic carbocycles. The van der Waals surface area contributed by atoms with Gasteiger partial charge < -0.3 is 4.90 Å².